The molecule has 1 saturated carbocycles. The minimum absolute atomic E-state index is 0.156. The lowest BCUT2D eigenvalue weighted by atomic mass is 9.61. The fraction of sp³-hybridized carbons (Fsp3) is 0.667. The highest BCUT2D eigenvalue weighted by Gasteiger charge is 2.45. The Morgan fingerprint density at radius 1 is 1.53 bits per heavy atom. The van der Waals surface area contributed by atoms with Crippen molar-refractivity contribution in [1.29, 1.82) is 0 Å². The summed E-state index contributed by atoms with van der Waals surface area (Å²) >= 11 is 1.71. The van der Waals surface area contributed by atoms with E-state index in [1.807, 2.05) is 0 Å². The highest BCUT2D eigenvalue weighted by Crippen LogP contribution is 2.45. The van der Waals surface area contributed by atoms with Gasteiger partial charge in [0.15, 0.2) is 0 Å². The molecule has 3 nitrogen and oxygen atoms in total. The Morgan fingerprint density at radius 3 is 2.84 bits per heavy atom. The van der Waals surface area contributed by atoms with Gasteiger partial charge in [0.1, 0.15) is 0 Å². The monoisotopic (exact) mass is 281 g/mol. The normalized spacial score (nSPS) is 30.2. The maximum Gasteiger partial charge on any atom is 0.307 e. The van der Waals surface area contributed by atoms with Crippen molar-refractivity contribution in [2.75, 3.05) is 0 Å². The third-order valence-electron chi connectivity index (χ3n) is 4.89. The molecule has 0 bridgehead atoms. The van der Waals surface area contributed by atoms with Gasteiger partial charge in [-0.2, -0.15) is 11.3 Å². The molecule has 1 heterocycles. The SMILES string of the molecule is CC1C(NCc2ccsc2)CCC(C(=O)O)C1(C)C. The first-order valence-corrected chi connectivity index (χ1v) is 7.84. The predicted molar refractivity (Wildman–Crippen MR) is 78.3 cm³/mol. The summed E-state index contributed by atoms with van der Waals surface area (Å²) in [6.07, 6.45) is 1.72. The van der Waals surface area contributed by atoms with Crippen molar-refractivity contribution in [1.82, 2.24) is 5.32 Å². The molecule has 106 valence electrons. The number of carboxylic acid groups (broad SMARTS) is 1. The smallest absolute Gasteiger partial charge is 0.307 e. The van der Waals surface area contributed by atoms with Crippen LogP contribution in [-0.2, 0) is 11.3 Å². The van der Waals surface area contributed by atoms with Crippen LogP contribution in [-0.4, -0.2) is 17.1 Å². The van der Waals surface area contributed by atoms with Crippen LogP contribution < -0.4 is 5.32 Å². The van der Waals surface area contributed by atoms with Crippen molar-refractivity contribution >= 4 is 17.3 Å². The van der Waals surface area contributed by atoms with Gasteiger partial charge < -0.3 is 10.4 Å². The minimum Gasteiger partial charge on any atom is -0.481 e. The Hall–Kier alpha value is -0.870. The van der Waals surface area contributed by atoms with Crippen LogP contribution in [0.3, 0.4) is 0 Å². The van der Waals surface area contributed by atoms with Gasteiger partial charge in [-0.1, -0.05) is 20.8 Å². The Bertz CT molecular complexity index is 427. The van der Waals surface area contributed by atoms with E-state index in [0.717, 1.165) is 19.4 Å². The van der Waals surface area contributed by atoms with Crippen LogP contribution in [0, 0.1) is 17.3 Å². The summed E-state index contributed by atoms with van der Waals surface area (Å²) in [4.78, 5) is 11.3. The van der Waals surface area contributed by atoms with Gasteiger partial charge in [0.2, 0.25) is 0 Å². The average Bonchev–Trinajstić information content (AvgIpc) is 2.83. The first-order valence-electron chi connectivity index (χ1n) is 6.90. The van der Waals surface area contributed by atoms with Crippen molar-refractivity contribution < 1.29 is 9.90 Å². The molecule has 1 aromatic rings. The molecular weight excluding hydrogens is 258 g/mol. The summed E-state index contributed by atoms with van der Waals surface area (Å²) in [5, 5.41) is 17.2. The molecule has 1 aliphatic rings. The molecule has 4 heteroatoms. The molecular formula is C15H23NO2S. The van der Waals surface area contributed by atoms with Crippen LogP contribution in [0.15, 0.2) is 16.8 Å². The van der Waals surface area contributed by atoms with E-state index in [-0.39, 0.29) is 11.3 Å². The van der Waals surface area contributed by atoms with Crippen LogP contribution >= 0.6 is 11.3 Å². The molecule has 1 fully saturated rings. The maximum absolute atomic E-state index is 11.3. The van der Waals surface area contributed by atoms with Crippen LogP contribution in [0.25, 0.3) is 0 Å². The number of hydrogen-bond acceptors (Lipinski definition) is 3. The summed E-state index contributed by atoms with van der Waals surface area (Å²) < 4.78 is 0. The molecule has 2 N–H and O–H groups in total. The van der Waals surface area contributed by atoms with Crippen molar-refractivity contribution in [3.8, 4) is 0 Å². The Kier molecular flexibility index (Phi) is 4.31. The first-order chi connectivity index (χ1) is 8.93. The first kappa shape index (κ1) is 14.5. The van der Waals surface area contributed by atoms with E-state index in [2.05, 4.69) is 42.9 Å². The zero-order valence-corrected chi connectivity index (χ0v) is 12.7. The van der Waals surface area contributed by atoms with Gasteiger partial charge in [0, 0.05) is 12.6 Å². The number of rotatable bonds is 4. The van der Waals surface area contributed by atoms with Gasteiger partial charge in [-0.05, 0) is 46.6 Å². The molecule has 0 aliphatic heterocycles. The largest absolute Gasteiger partial charge is 0.481 e. The Labute approximate surface area is 119 Å². The molecule has 3 unspecified atom stereocenters. The topological polar surface area (TPSA) is 49.3 Å². The molecule has 0 aromatic carbocycles. The summed E-state index contributed by atoms with van der Waals surface area (Å²) in [5.74, 6) is -0.504. The summed E-state index contributed by atoms with van der Waals surface area (Å²) in [6, 6.07) is 2.54. The van der Waals surface area contributed by atoms with Crippen molar-refractivity contribution in [3.63, 3.8) is 0 Å². The zero-order chi connectivity index (χ0) is 14.0. The zero-order valence-electron chi connectivity index (χ0n) is 11.8. The lowest BCUT2D eigenvalue weighted by Gasteiger charge is -2.46. The number of aliphatic carboxylic acids is 1. The van der Waals surface area contributed by atoms with Gasteiger partial charge in [-0.25, -0.2) is 0 Å². The van der Waals surface area contributed by atoms with E-state index in [9.17, 15) is 9.90 Å². The average molecular weight is 281 g/mol. The van der Waals surface area contributed by atoms with E-state index < -0.39 is 5.97 Å². The predicted octanol–water partition coefficient (Wildman–Crippen LogP) is 3.36. The molecule has 1 aliphatic carbocycles. The highest BCUT2D eigenvalue weighted by atomic mass is 32.1. The molecule has 0 saturated heterocycles. The fourth-order valence-corrected chi connectivity index (χ4v) is 3.84. The third-order valence-corrected chi connectivity index (χ3v) is 5.62. The maximum atomic E-state index is 11.3. The van der Waals surface area contributed by atoms with E-state index >= 15 is 0 Å². The molecule has 0 radical (unpaired) electrons. The van der Waals surface area contributed by atoms with Crippen LogP contribution in [0.2, 0.25) is 0 Å². The van der Waals surface area contributed by atoms with Crippen LogP contribution in [0.4, 0.5) is 0 Å². The quantitative estimate of drug-likeness (QED) is 0.889. The highest BCUT2D eigenvalue weighted by molar-refractivity contribution is 7.07. The van der Waals surface area contributed by atoms with E-state index in [1.165, 1.54) is 5.56 Å². The second kappa shape index (κ2) is 5.63. The lowest BCUT2D eigenvalue weighted by Crippen LogP contribution is -2.50. The van der Waals surface area contributed by atoms with Gasteiger partial charge in [0.25, 0.3) is 0 Å². The standard InChI is InChI=1S/C15H23NO2S/c1-10-13(16-8-11-6-7-19-9-11)5-4-12(14(17)18)15(10,2)3/h6-7,9-10,12-13,16H,4-5,8H2,1-3H3,(H,17,18). The van der Waals surface area contributed by atoms with Gasteiger partial charge in [-0.3, -0.25) is 4.79 Å². The molecule has 2 rings (SSSR count). The number of carboxylic acids is 1. The summed E-state index contributed by atoms with van der Waals surface area (Å²) in [5.41, 5.74) is 1.16. The third kappa shape index (κ3) is 3.00. The number of nitrogens with one attached hydrogen (secondary N) is 1. The fourth-order valence-electron chi connectivity index (χ4n) is 3.17. The Morgan fingerprint density at radius 2 is 2.26 bits per heavy atom. The van der Waals surface area contributed by atoms with E-state index in [0.29, 0.717) is 12.0 Å². The van der Waals surface area contributed by atoms with E-state index in [4.69, 9.17) is 0 Å². The minimum atomic E-state index is -0.645. The number of thiophene rings is 1. The summed E-state index contributed by atoms with van der Waals surface area (Å²) in [6.45, 7) is 7.25. The van der Waals surface area contributed by atoms with Gasteiger partial charge in [-0.15, -0.1) is 0 Å². The molecule has 1 aromatic heterocycles. The molecule has 19 heavy (non-hydrogen) atoms. The second-order valence-corrected chi connectivity index (χ2v) is 6.98. The lowest BCUT2D eigenvalue weighted by molar-refractivity contribution is -0.150. The number of carbonyl (C=O) groups is 1. The molecule has 0 spiro atoms. The van der Waals surface area contributed by atoms with Crippen molar-refractivity contribution in [2.24, 2.45) is 17.3 Å². The van der Waals surface area contributed by atoms with Crippen molar-refractivity contribution in [2.45, 2.75) is 46.2 Å². The molecule has 0 amide bonds. The van der Waals surface area contributed by atoms with Crippen LogP contribution in [0.5, 0.6) is 0 Å². The van der Waals surface area contributed by atoms with Crippen LogP contribution in [0.1, 0.15) is 39.2 Å². The number of hydrogen-bond donors (Lipinski definition) is 2. The second-order valence-electron chi connectivity index (χ2n) is 6.20. The summed E-state index contributed by atoms with van der Waals surface area (Å²) in [7, 11) is 0. The van der Waals surface area contributed by atoms with E-state index in [1.54, 1.807) is 11.3 Å². The molecule has 3 atom stereocenters. The van der Waals surface area contributed by atoms with Crippen molar-refractivity contribution in [3.05, 3.63) is 22.4 Å². The Balaban J connectivity index is 1.99. The van der Waals surface area contributed by atoms with Gasteiger partial charge >= 0.3 is 5.97 Å². The van der Waals surface area contributed by atoms with Gasteiger partial charge in [0.05, 0.1) is 5.92 Å².